The smallest absolute Gasteiger partial charge is 0.260 e. The number of fused-ring (bicyclic) bond motifs is 1. The fraction of sp³-hybridized carbons (Fsp3) is 0.227. The lowest BCUT2D eigenvalue weighted by Gasteiger charge is -2.19. The van der Waals surface area contributed by atoms with Crippen LogP contribution in [0.3, 0.4) is 0 Å². The Hall–Kier alpha value is -3.01. The molecule has 0 heterocycles. The molecule has 0 saturated heterocycles. The number of nitrogens with zero attached hydrogens (tertiary/aromatic N) is 1. The first-order chi connectivity index (χ1) is 12.6. The number of aryl methyl sites for hydroxylation is 1. The van der Waals surface area contributed by atoms with Crippen molar-refractivity contribution in [3.8, 4) is 11.5 Å². The van der Waals surface area contributed by atoms with Gasteiger partial charge in [-0.2, -0.15) is 0 Å². The van der Waals surface area contributed by atoms with Crippen molar-refractivity contribution >= 4 is 16.7 Å². The molecule has 0 atom stereocenters. The van der Waals surface area contributed by atoms with Crippen LogP contribution in [0.1, 0.15) is 11.1 Å². The van der Waals surface area contributed by atoms with Gasteiger partial charge in [0.1, 0.15) is 11.5 Å². The van der Waals surface area contributed by atoms with Crippen molar-refractivity contribution in [2.45, 2.75) is 13.5 Å². The normalized spacial score (nSPS) is 10.6. The van der Waals surface area contributed by atoms with E-state index in [1.807, 2.05) is 67.6 Å². The van der Waals surface area contributed by atoms with Gasteiger partial charge in [0.15, 0.2) is 6.61 Å². The van der Waals surface area contributed by atoms with E-state index in [4.69, 9.17) is 9.47 Å². The van der Waals surface area contributed by atoms with Crippen molar-refractivity contribution in [2.75, 3.05) is 20.8 Å². The molecule has 3 rings (SSSR count). The minimum atomic E-state index is -0.0817. The lowest BCUT2D eigenvalue weighted by atomic mass is 10.1. The SMILES string of the molecule is COc1ccc(C)cc1CN(C)C(=O)COc1ccc2ccccc2c1. The molecular formula is C22H23NO3. The van der Waals surface area contributed by atoms with E-state index < -0.39 is 0 Å². The summed E-state index contributed by atoms with van der Waals surface area (Å²) in [5, 5.41) is 2.24. The van der Waals surface area contributed by atoms with E-state index in [-0.39, 0.29) is 12.5 Å². The summed E-state index contributed by atoms with van der Waals surface area (Å²) >= 11 is 0. The third kappa shape index (κ3) is 4.14. The highest BCUT2D eigenvalue weighted by atomic mass is 16.5. The Morgan fingerprint density at radius 3 is 2.54 bits per heavy atom. The van der Waals surface area contributed by atoms with Gasteiger partial charge in [-0.25, -0.2) is 0 Å². The summed E-state index contributed by atoms with van der Waals surface area (Å²) in [6.45, 7) is 2.50. The second-order valence-corrected chi connectivity index (χ2v) is 6.36. The van der Waals surface area contributed by atoms with Crippen LogP contribution in [0.2, 0.25) is 0 Å². The molecule has 4 heteroatoms. The van der Waals surface area contributed by atoms with Crippen molar-refractivity contribution < 1.29 is 14.3 Å². The first-order valence-electron chi connectivity index (χ1n) is 8.56. The largest absolute Gasteiger partial charge is 0.496 e. The molecule has 1 amide bonds. The number of amides is 1. The Morgan fingerprint density at radius 2 is 1.77 bits per heavy atom. The molecule has 0 spiro atoms. The topological polar surface area (TPSA) is 38.8 Å². The molecule has 3 aromatic rings. The molecule has 134 valence electrons. The van der Waals surface area contributed by atoms with E-state index >= 15 is 0 Å². The van der Waals surface area contributed by atoms with Crippen molar-refractivity contribution in [2.24, 2.45) is 0 Å². The molecule has 0 fully saturated rings. The van der Waals surface area contributed by atoms with Gasteiger partial charge in [-0.3, -0.25) is 4.79 Å². The number of hydrogen-bond acceptors (Lipinski definition) is 3. The molecule has 0 N–H and O–H groups in total. The monoisotopic (exact) mass is 349 g/mol. The maximum atomic E-state index is 12.4. The zero-order chi connectivity index (χ0) is 18.5. The Kier molecular flexibility index (Phi) is 5.42. The average molecular weight is 349 g/mol. The molecule has 4 nitrogen and oxygen atoms in total. The third-order valence-electron chi connectivity index (χ3n) is 4.35. The number of carbonyl (C=O) groups is 1. The highest BCUT2D eigenvalue weighted by Gasteiger charge is 2.13. The Morgan fingerprint density at radius 1 is 1.00 bits per heavy atom. The van der Waals surface area contributed by atoms with Crippen LogP contribution in [0.4, 0.5) is 0 Å². The van der Waals surface area contributed by atoms with Gasteiger partial charge in [0.2, 0.25) is 0 Å². The number of rotatable bonds is 6. The molecular weight excluding hydrogens is 326 g/mol. The Bertz CT molecular complexity index is 920. The zero-order valence-electron chi connectivity index (χ0n) is 15.4. The lowest BCUT2D eigenvalue weighted by Crippen LogP contribution is -2.31. The highest BCUT2D eigenvalue weighted by Crippen LogP contribution is 2.22. The summed E-state index contributed by atoms with van der Waals surface area (Å²) in [7, 11) is 3.41. The van der Waals surface area contributed by atoms with E-state index in [2.05, 4.69) is 0 Å². The van der Waals surface area contributed by atoms with Crippen molar-refractivity contribution in [3.05, 3.63) is 71.8 Å². The minimum Gasteiger partial charge on any atom is -0.496 e. The Balaban J connectivity index is 1.63. The van der Waals surface area contributed by atoms with Gasteiger partial charge in [-0.1, -0.05) is 48.0 Å². The number of methoxy groups -OCH3 is 1. The molecule has 0 saturated carbocycles. The first-order valence-corrected chi connectivity index (χ1v) is 8.56. The van der Waals surface area contributed by atoms with Gasteiger partial charge >= 0.3 is 0 Å². The van der Waals surface area contributed by atoms with Crippen LogP contribution in [0, 0.1) is 6.92 Å². The van der Waals surface area contributed by atoms with Crippen LogP contribution in [0.25, 0.3) is 10.8 Å². The van der Waals surface area contributed by atoms with Crippen LogP contribution in [0.5, 0.6) is 11.5 Å². The van der Waals surface area contributed by atoms with Crippen molar-refractivity contribution in [1.82, 2.24) is 4.90 Å². The summed E-state index contributed by atoms with van der Waals surface area (Å²) < 4.78 is 11.1. The lowest BCUT2D eigenvalue weighted by molar-refractivity contribution is -0.132. The van der Waals surface area contributed by atoms with E-state index in [0.29, 0.717) is 12.3 Å². The molecule has 0 bridgehead atoms. The molecule has 0 aliphatic carbocycles. The number of ether oxygens (including phenoxy) is 2. The molecule has 0 radical (unpaired) electrons. The van der Waals surface area contributed by atoms with Crippen LogP contribution in [0.15, 0.2) is 60.7 Å². The second-order valence-electron chi connectivity index (χ2n) is 6.36. The van der Waals surface area contributed by atoms with Crippen LogP contribution in [-0.4, -0.2) is 31.6 Å². The zero-order valence-corrected chi connectivity index (χ0v) is 15.4. The predicted molar refractivity (Wildman–Crippen MR) is 104 cm³/mol. The standard InChI is InChI=1S/C22H23NO3/c1-16-8-11-21(25-3)19(12-16)14-23(2)22(24)15-26-20-10-9-17-6-4-5-7-18(17)13-20/h4-13H,14-15H2,1-3H3. The Labute approximate surface area is 154 Å². The highest BCUT2D eigenvalue weighted by molar-refractivity contribution is 5.84. The molecule has 26 heavy (non-hydrogen) atoms. The molecule has 0 aromatic heterocycles. The van der Waals surface area contributed by atoms with Crippen LogP contribution >= 0.6 is 0 Å². The molecule has 0 aliphatic rings. The molecule has 0 aliphatic heterocycles. The summed E-state index contributed by atoms with van der Waals surface area (Å²) in [5.74, 6) is 1.39. The number of carbonyl (C=O) groups excluding carboxylic acids is 1. The minimum absolute atomic E-state index is 0.00295. The fourth-order valence-electron chi connectivity index (χ4n) is 2.89. The van der Waals surface area contributed by atoms with Gasteiger partial charge in [-0.15, -0.1) is 0 Å². The van der Waals surface area contributed by atoms with E-state index in [9.17, 15) is 4.79 Å². The van der Waals surface area contributed by atoms with E-state index in [0.717, 1.165) is 27.6 Å². The van der Waals surface area contributed by atoms with E-state index in [1.54, 1.807) is 19.1 Å². The fourth-order valence-corrected chi connectivity index (χ4v) is 2.89. The van der Waals surface area contributed by atoms with Gasteiger partial charge < -0.3 is 14.4 Å². The number of hydrogen-bond donors (Lipinski definition) is 0. The predicted octanol–water partition coefficient (Wildman–Crippen LogP) is 4.19. The first kappa shape index (κ1) is 17.8. The van der Waals surface area contributed by atoms with Crippen molar-refractivity contribution in [1.29, 1.82) is 0 Å². The molecule has 0 unspecified atom stereocenters. The third-order valence-corrected chi connectivity index (χ3v) is 4.35. The summed E-state index contributed by atoms with van der Waals surface area (Å²) in [6, 6.07) is 19.9. The summed E-state index contributed by atoms with van der Waals surface area (Å²) in [6.07, 6.45) is 0. The maximum Gasteiger partial charge on any atom is 0.260 e. The maximum absolute atomic E-state index is 12.4. The number of benzene rings is 3. The van der Waals surface area contributed by atoms with Crippen molar-refractivity contribution in [3.63, 3.8) is 0 Å². The quantitative estimate of drug-likeness (QED) is 0.670. The second kappa shape index (κ2) is 7.91. The van der Waals surface area contributed by atoms with Crippen LogP contribution < -0.4 is 9.47 Å². The van der Waals surface area contributed by atoms with E-state index in [1.165, 1.54) is 0 Å². The summed E-state index contributed by atoms with van der Waals surface area (Å²) in [5.41, 5.74) is 2.11. The van der Waals surface area contributed by atoms with Crippen LogP contribution in [-0.2, 0) is 11.3 Å². The van der Waals surface area contributed by atoms with Gasteiger partial charge in [0.05, 0.1) is 7.11 Å². The van der Waals surface area contributed by atoms with Gasteiger partial charge in [0.25, 0.3) is 5.91 Å². The summed E-state index contributed by atoms with van der Waals surface area (Å²) in [4.78, 5) is 14.1. The molecule has 3 aromatic carbocycles. The van der Waals surface area contributed by atoms with Gasteiger partial charge in [0, 0.05) is 19.2 Å². The van der Waals surface area contributed by atoms with Gasteiger partial charge in [-0.05, 0) is 35.9 Å². The number of likely N-dealkylation sites (N-methyl/N-ethyl adjacent to an activating group) is 1. The average Bonchev–Trinajstić information content (AvgIpc) is 2.66.